The lowest BCUT2D eigenvalue weighted by atomic mass is 10.1. The summed E-state index contributed by atoms with van der Waals surface area (Å²) in [6, 6.07) is 8.19. The molecule has 0 saturated carbocycles. The van der Waals surface area contributed by atoms with Gasteiger partial charge in [-0.15, -0.1) is 0 Å². The van der Waals surface area contributed by atoms with Gasteiger partial charge in [0.15, 0.2) is 0 Å². The van der Waals surface area contributed by atoms with Gasteiger partial charge in [0, 0.05) is 11.6 Å². The number of fused-ring (bicyclic) bond motifs is 1. The van der Waals surface area contributed by atoms with E-state index in [2.05, 4.69) is 13.0 Å². The number of rotatable bonds is 1. The van der Waals surface area contributed by atoms with Crippen LogP contribution in [0.1, 0.15) is 12.5 Å². The predicted octanol–water partition coefficient (Wildman–Crippen LogP) is 1.92. The molecule has 0 fully saturated rings. The van der Waals surface area contributed by atoms with Crippen molar-refractivity contribution < 1.29 is 0 Å². The summed E-state index contributed by atoms with van der Waals surface area (Å²) in [6.07, 6.45) is 3.02. The Morgan fingerprint density at radius 3 is 2.83 bits per heavy atom. The quantitative estimate of drug-likeness (QED) is 0.635. The highest BCUT2D eigenvalue weighted by molar-refractivity contribution is 5.83. The van der Waals surface area contributed by atoms with Crippen molar-refractivity contribution in [2.24, 2.45) is 0 Å². The zero-order valence-corrected chi connectivity index (χ0v) is 7.12. The molecule has 12 heavy (non-hydrogen) atoms. The third-order valence-corrected chi connectivity index (χ3v) is 2.20. The molecule has 0 saturated heterocycles. The fourth-order valence-electron chi connectivity index (χ4n) is 1.56. The molecular weight excluding hydrogens is 148 g/mol. The van der Waals surface area contributed by atoms with Crippen LogP contribution in [0.15, 0.2) is 30.5 Å². The van der Waals surface area contributed by atoms with Crippen molar-refractivity contribution in [3.05, 3.63) is 36.0 Å². The molecule has 0 atom stereocenters. The maximum absolute atomic E-state index is 5.77. The van der Waals surface area contributed by atoms with Crippen molar-refractivity contribution in [2.45, 2.75) is 13.3 Å². The lowest BCUT2D eigenvalue weighted by molar-refractivity contribution is 1.04. The second-order valence-corrected chi connectivity index (χ2v) is 2.93. The Hall–Kier alpha value is -1.44. The summed E-state index contributed by atoms with van der Waals surface area (Å²) in [7, 11) is 0. The van der Waals surface area contributed by atoms with Crippen LogP contribution in [0.25, 0.3) is 10.9 Å². The molecule has 0 unspecified atom stereocenters. The molecule has 62 valence electrons. The van der Waals surface area contributed by atoms with Crippen molar-refractivity contribution in [1.82, 2.24) is 4.68 Å². The normalized spacial score (nSPS) is 10.8. The molecule has 1 aromatic heterocycles. The van der Waals surface area contributed by atoms with E-state index in [-0.39, 0.29) is 0 Å². The second-order valence-electron chi connectivity index (χ2n) is 2.93. The van der Waals surface area contributed by atoms with Crippen molar-refractivity contribution >= 4 is 10.9 Å². The average molecular weight is 160 g/mol. The molecule has 1 heterocycles. The van der Waals surface area contributed by atoms with Gasteiger partial charge in [-0.3, -0.25) is 4.68 Å². The second kappa shape index (κ2) is 2.55. The SMILES string of the molecule is CCc1cn(N)c2ccccc12. The summed E-state index contributed by atoms with van der Waals surface area (Å²) >= 11 is 0. The van der Waals surface area contributed by atoms with E-state index in [1.807, 2.05) is 24.4 Å². The molecule has 0 amide bonds. The molecule has 0 bridgehead atoms. The van der Waals surface area contributed by atoms with Crippen LogP contribution in [0.5, 0.6) is 0 Å². The smallest absolute Gasteiger partial charge is 0.0692 e. The van der Waals surface area contributed by atoms with Gasteiger partial charge < -0.3 is 5.84 Å². The van der Waals surface area contributed by atoms with Gasteiger partial charge in [0.25, 0.3) is 0 Å². The monoisotopic (exact) mass is 160 g/mol. The first-order valence-corrected chi connectivity index (χ1v) is 4.17. The number of aromatic nitrogens is 1. The highest BCUT2D eigenvalue weighted by Crippen LogP contribution is 2.19. The molecule has 0 radical (unpaired) electrons. The van der Waals surface area contributed by atoms with Crippen molar-refractivity contribution in [3.8, 4) is 0 Å². The topological polar surface area (TPSA) is 30.9 Å². The zero-order chi connectivity index (χ0) is 8.55. The first-order chi connectivity index (χ1) is 5.83. The molecular formula is C10H12N2. The summed E-state index contributed by atoms with van der Waals surface area (Å²) in [5, 5.41) is 1.27. The minimum atomic E-state index is 1.03. The van der Waals surface area contributed by atoms with E-state index >= 15 is 0 Å². The summed E-state index contributed by atoms with van der Waals surface area (Å²) in [5.74, 6) is 5.77. The van der Waals surface area contributed by atoms with E-state index in [0.717, 1.165) is 11.9 Å². The summed E-state index contributed by atoms with van der Waals surface area (Å²) in [5.41, 5.74) is 2.42. The Morgan fingerprint density at radius 2 is 2.08 bits per heavy atom. The molecule has 0 aliphatic heterocycles. The number of aryl methyl sites for hydroxylation is 1. The van der Waals surface area contributed by atoms with Crippen LogP contribution in [-0.2, 0) is 6.42 Å². The number of para-hydroxylation sites is 1. The molecule has 2 nitrogen and oxygen atoms in total. The third kappa shape index (κ3) is 0.881. The Morgan fingerprint density at radius 1 is 1.33 bits per heavy atom. The van der Waals surface area contributed by atoms with Crippen LogP contribution in [0.2, 0.25) is 0 Å². The number of nitrogens with two attached hydrogens (primary N) is 1. The minimum Gasteiger partial charge on any atom is -0.339 e. The van der Waals surface area contributed by atoms with Gasteiger partial charge in [-0.2, -0.15) is 0 Å². The lowest BCUT2D eigenvalue weighted by Crippen LogP contribution is -2.04. The van der Waals surface area contributed by atoms with E-state index in [4.69, 9.17) is 5.84 Å². The van der Waals surface area contributed by atoms with Crippen molar-refractivity contribution in [2.75, 3.05) is 5.84 Å². The molecule has 1 aromatic carbocycles. The first kappa shape index (κ1) is 7.22. The van der Waals surface area contributed by atoms with Crippen LogP contribution >= 0.6 is 0 Å². The fourth-order valence-corrected chi connectivity index (χ4v) is 1.56. The van der Waals surface area contributed by atoms with Gasteiger partial charge in [-0.05, 0) is 18.1 Å². The lowest BCUT2D eigenvalue weighted by Gasteiger charge is -1.93. The number of nitrogens with zero attached hydrogens (tertiary/aromatic N) is 1. The van der Waals surface area contributed by atoms with Crippen LogP contribution < -0.4 is 5.84 Å². The number of hydrogen-bond acceptors (Lipinski definition) is 1. The molecule has 0 aliphatic rings. The van der Waals surface area contributed by atoms with Gasteiger partial charge in [-0.1, -0.05) is 25.1 Å². The standard InChI is InChI=1S/C10H12N2/c1-2-8-7-12(11)10-6-4-3-5-9(8)10/h3-7H,2,11H2,1H3. The van der Waals surface area contributed by atoms with E-state index in [9.17, 15) is 0 Å². The summed E-state index contributed by atoms with van der Waals surface area (Å²) < 4.78 is 1.69. The molecule has 0 aliphatic carbocycles. The Balaban J connectivity index is 2.82. The molecule has 0 spiro atoms. The minimum absolute atomic E-state index is 1.03. The number of benzene rings is 1. The Bertz CT molecular complexity index is 401. The van der Waals surface area contributed by atoms with Crippen LogP contribution in [0.3, 0.4) is 0 Å². The van der Waals surface area contributed by atoms with Crippen LogP contribution in [0.4, 0.5) is 0 Å². The van der Waals surface area contributed by atoms with Crippen molar-refractivity contribution in [1.29, 1.82) is 0 Å². The van der Waals surface area contributed by atoms with Crippen LogP contribution in [-0.4, -0.2) is 4.68 Å². The molecule has 2 rings (SSSR count). The highest BCUT2D eigenvalue weighted by Gasteiger charge is 2.02. The molecule has 2 heteroatoms. The van der Waals surface area contributed by atoms with Gasteiger partial charge >= 0.3 is 0 Å². The van der Waals surface area contributed by atoms with Crippen molar-refractivity contribution in [3.63, 3.8) is 0 Å². The maximum Gasteiger partial charge on any atom is 0.0692 e. The Kier molecular flexibility index (Phi) is 1.54. The third-order valence-electron chi connectivity index (χ3n) is 2.20. The van der Waals surface area contributed by atoms with E-state index in [1.165, 1.54) is 10.9 Å². The van der Waals surface area contributed by atoms with Gasteiger partial charge in [0.2, 0.25) is 0 Å². The maximum atomic E-state index is 5.77. The van der Waals surface area contributed by atoms with E-state index < -0.39 is 0 Å². The van der Waals surface area contributed by atoms with E-state index in [1.54, 1.807) is 4.68 Å². The van der Waals surface area contributed by atoms with Crippen LogP contribution in [0, 0.1) is 0 Å². The zero-order valence-electron chi connectivity index (χ0n) is 7.12. The van der Waals surface area contributed by atoms with Gasteiger partial charge in [-0.25, -0.2) is 0 Å². The highest BCUT2D eigenvalue weighted by atomic mass is 15.3. The molecule has 2 aromatic rings. The predicted molar refractivity (Wildman–Crippen MR) is 51.5 cm³/mol. The average Bonchev–Trinajstić information content (AvgIpc) is 2.44. The molecule has 2 N–H and O–H groups in total. The number of nitrogen functional groups attached to an aromatic ring is 1. The Labute approximate surface area is 71.6 Å². The largest absolute Gasteiger partial charge is 0.339 e. The van der Waals surface area contributed by atoms with E-state index in [0.29, 0.717) is 0 Å². The summed E-state index contributed by atoms with van der Waals surface area (Å²) in [4.78, 5) is 0. The first-order valence-electron chi connectivity index (χ1n) is 4.17. The van der Waals surface area contributed by atoms with Gasteiger partial charge in [0.05, 0.1) is 5.52 Å². The van der Waals surface area contributed by atoms with Gasteiger partial charge in [0.1, 0.15) is 0 Å². The fraction of sp³-hybridized carbons (Fsp3) is 0.200. The summed E-state index contributed by atoms with van der Waals surface area (Å²) in [6.45, 7) is 2.14. The number of hydrogen-bond donors (Lipinski definition) is 1.